The van der Waals surface area contributed by atoms with Crippen molar-refractivity contribution in [3.8, 4) is 0 Å². The number of rotatable bonds is 6. The van der Waals surface area contributed by atoms with Gasteiger partial charge in [-0.1, -0.05) is 41.4 Å². The Hall–Kier alpha value is -2.38. The van der Waals surface area contributed by atoms with E-state index in [2.05, 4.69) is 10.5 Å². The molecule has 0 aromatic heterocycles. The number of sulfonamides is 1. The first kappa shape index (κ1) is 19.9. The van der Waals surface area contributed by atoms with Crippen LogP contribution in [0.25, 0.3) is 0 Å². The minimum Gasteiger partial charge on any atom is -0.271 e. The summed E-state index contributed by atoms with van der Waals surface area (Å²) in [5.74, 6) is -0.548. The molecule has 0 aliphatic heterocycles. The molecule has 0 radical (unpaired) electrons. The molecule has 0 saturated carbocycles. The first-order chi connectivity index (χ1) is 12.2. The molecule has 2 aromatic carbocycles. The third-order valence-electron chi connectivity index (χ3n) is 3.56. The number of anilines is 1. The standard InChI is InChI=1S/C18H20ClN3O3S/c1-13-5-4-6-15(9-13)11-20-21-18(23)12-22(26(3,24)25)17-8-7-16(19)10-14(17)2/h4-11H,12H2,1-3H3,(H,21,23)/b20-11-. The van der Waals surface area contributed by atoms with Crippen LogP contribution in [-0.2, 0) is 14.8 Å². The molecule has 0 spiro atoms. The van der Waals surface area contributed by atoms with Crippen molar-refractivity contribution in [1.29, 1.82) is 0 Å². The van der Waals surface area contributed by atoms with E-state index in [0.717, 1.165) is 21.7 Å². The lowest BCUT2D eigenvalue weighted by Crippen LogP contribution is -2.39. The highest BCUT2D eigenvalue weighted by molar-refractivity contribution is 7.92. The molecule has 0 saturated heterocycles. The van der Waals surface area contributed by atoms with E-state index in [0.29, 0.717) is 16.3 Å². The molecule has 0 unspecified atom stereocenters. The summed E-state index contributed by atoms with van der Waals surface area (Å²) in [5, 5.41) is 4.37. The van der Waals surface area contributed by atoms with Crippen molar-refractivity contribution in [2.24, 2.45) is 5.10 Å². The highest BCUT2D eigenvalue weighted by Crippen LogP contribution is 2.25. The van der Waals surface area contributed by atoms with E-state index >= 15 is 0 Å². The maximum atomic E-state index is 12.2. The Balaban J connectivity index is 2.12. The molecule has 0 fully saturated rings. The summed E-state index contributed by atoms with van der Waals surface area (Å²) in [6.07, 6.45) is 2.55. The van der Waals surface area contributed by atoms with Gasteiger partial charge in [0.1, 0.15) is 6.54 Å². The smallest absolute Gasteiger partial charge is 0.260 e. The average Bonchev–Trinajstić information content (AvgIpc) is 2.52. The number of carbonyl (C=O) groups is 1. The van der Waals surface area contributed by atoms with Crippen LogP contribution < -0.4 is 9.73 Å². The molecule has 26 heavy (non-hydrogen) atoms. The minimum absolute atomic E-state index is 0.382. The second kappa shape index (κ2) is 8.33. The van der Waals surface area contributed by atoms with Crippen molar-refractivity contribution in [2.75, 3.05) is 17.1 Å². The van der Waals surface area contributed by atoms with Gasteiger partial charge in [-0.05, 0) is 43.2 Å². The monoisotopic (exact) mass is 393 g/mol. The number of hydrazone groups is 1. The largest absolute Gasteiger partial charge is 0.271 e. The van der Waals surface area contributed by atoms with Crippen LogP contribution in [0.15, 0.2) is 47.6 Å². The third kappa shape index (κ3) is 5.57. The van der Waals surface area contributed by atoms with Crippen LogP contribution in [0, 0.1) is 13.8 Å². The van der Waals surface area contributed by atoms with Crippen LogP contribution in [0.5, 0.6) is 0 Å². The first-order valence-electron chi connectivity index (χ1n) is 7.79. The Morgan fingerprint density at radius 3 is 2.58 bits per heavy atom. The van der Waals surface area contributed by atoms with Crippen LogP contribution in [-0.4, -0.2) is 33.3 Å². The van der Waals surface area contributed by atoms with Gasteiger partial charge in [-0.3, -0.25) is 9.10 Å². The van der Waals surface area contributed by atoms with E-state index in [9.17, 15) is 13.2 Å². The van der Waals surface area contributed by atoms with Crippen molar-refractivity contribution < 1.29 is 13.2 Å². The lowest BCUT2D eigenvalue weighted by molar-refractivity contribution is -0.119. The van der Waals surface area contributed by atoms with Gasteiger partial charge in [0.25, 0.3) is 5.91 Å². The Kier molecular flexibility index (Phi) is 6.39. The number of aryl methyl sites for hydroxylation is 2. The fourth-order valence-electron chi connectivity index (χ4n) is 2.37. The molecule has 0 bridgehead atoms. The molecule has 8 heteroatoms. The number of nitrogens with zero attached hydrogens (tertiary/aromatic N) is 2. The Labute approximate surface area is 158 Å². The molecule has 0 heterocycles. The molecule has 6 nitrogen and oxygen atoms in total. The minimum atomic E-state index is -3.65. The molecule has 1 N–H and O–H groups in total. The van der Waals surface area contributed by atoms with Crippen molar-refractivity contribution >= 4 is 39.4 Å². The highest BCUT2D eigenvalue weighted by Gasteiger charge is 2.22. The fraction of sp³-hybridized carbons (Fsp3) is 0.222. The second-order valence-corrected chi connectivity index (χ2v) is 8.25. The van der Waals surface area contributed by atoms with Crippen LogP contribution in [0.1, 0.15) is 16.7 Å². The van der Waals surface area contributed by atoms with Crippen molar-refractivity contribution in [3.63, 3.8) is 0 Å². The quantitative estimate of drug-likeness (QED) is 0.605. The highest BCUT2D eigenvalue weighted by atomic mass is 35.5. The molecule has 0 aliphatic carbocycles. The summed E-state index contributed by atoms with van der Waals surface area (Å²) >= 11 is 5.91. The second-order valence-electron chi connectivity index (χ2n) is 5.91. The number of nitrogens with one attached hydrogen (secondary N) is 1. The molecule has 0 atom stereocenters. The summed E-state index contributed by atoms with van der Waals surface area (Å²) in [6, 6.07) is 12.4. The molecule has 0 aliphatic rings. The number of carbonyl (C=O) groups excluding carboxylic acids is 1. The summed E-state index contributed by atoms with van der Waals surface area (Å²) in [7, 11) is -3.65. The van der Waals surface area contributed by atoms with Crippen LogP contribution in [0.3, 0.4) is 0 Å². The number of amides is 1. The van der Waals surface area contributed by atoms with Crippen LogP contribution in [0.2, 0.25) is 5.02 Å². The van der Waals surface area contributed by atoms with E-state index in [1.165, 1.54) is 6.21 Å². The van der Waals surface area contributed by atoms with E-state index in [-0.39, 0.29) is 6.54 Å². The van der Waals surface area contributed by atoms with Gasteiger partial charge >= 0.3 is 0 Å². The zero-order chi connectivity index (χ0) is 19.3. The van der Waals surface area contributed by atoms with Gasteiger partial charge in [0.2, 0.25) is 10.0 Å². The molecule has 138 valence electrons. The Morgan fingerprint density at radius 2 is 1.96 bits per heavy atom. The summed E-state index contributed by atoms with van der Waals surface area (Å²) < 4.78 is 25.2. The molecular formula is C18H20ClN3O3S. The summed E-state index contributed by atoms with van der Waals surface area (Å²) in [4.78, 5) is 12.2. The van der Waals surface area contributed by atoms with Gasteiger partial charge in [0, 0.05) is 5.02 Å². The number of halogens is 1. The van der Waals surface area contributed by atoms with E-state index in [1.807, 2.05) is 31.2 Å². The van der Waals surface area contributed by atoms with E-state index in [4.69, 9.17) is 11.6 Å². The lowest BCUT2D eigenvalue weighted by Gasteiger charge is -2.23. The average molecular weight is 394 g/mol. The molecule has 2 rings (SSSR count). The van der Waals surface area contributed by atoms with Gasteiger partial charge in [0.05, 0.1) is 18.2 Å². The van der Waals surface area contributed by atoms with Crippen molar-refractivity contribution in [3.05, 3.63) is 64.2 Å². The maximum Gasteiger partial charge on any atom is 0.260 e. The Morgan fingerprint density at radius 1 is 1.23 bits per heavy atom. The molecular weight excluding hydrogens is 374 g/mol. The van der Waals surface area contributed by atoms with Crippen LogP contribution >= 0.6 is 11.6 Å². The number of hydrogen-bond donors (Lipinski definition) is 1. The number of benzene rings is 2. The molecule has 2 aromatic rings. The third-order valence-corrected chi connectivity index (χ3v) is 4.92. The zero-order valence-electron chi connectivity index (χ0n) is 14.7. The topological polar surface area (TPSA) is 78.8 Å². The lowest BCUT2D eigenvalue weighted by atomic mass is 10.2. The van der Waals surface area contributed by atoms with Crippen LogP contribution in [0.4, 0.5) is 5.69 Å². The molecule has 1 amide bonds. The fourth-order valence-corrected chi connectivity index (χ4v) is 3.52. The predicted octanol–water partition coefficient (Wildman–Crippen LogP) is 2.87. The van der Waals surface area contributed by atoms with Gasteiger partial charge in [-0.15, -0.1) is 0 Å². The SMILES string of the molecule is Cc1cccc(/C=N\NC(=O)CN(c2ccc(Cl)cc2C)S(C)(=O)=O)c1. The van der Waals surface area contributed by atoms with Gasteiger partial charge in [-0.2, -0.15) is 5.10 Å². The van der Waals surface area contributed by atoms with Gasteiger partial charge < -0.3 is 0 Å². The summed E-state index contributed by atoms with van der Waals surface area (Å²) in [5.41, 5.74) is 5.31. The van der Waals surface area contributed by atoms with Gasteiger partial charge in [0.15, 0.2) is 0 Å². The van der Waals surface area contributed by atoms with Crippen molar-refractivity contribution in [1.82, 2.24) is 5.43 Å². The van der Waals surface area contributed by atoms with Crippen molar-refractivity contribution in [2.45, 2.75) is 13.8 Å². The number of hydrogen-bond acceptors (Lipinski definition) is 4. The zero-order valence-corrected chi connectivity index (χ0v) is 16.3. The Bertz CT molecular complexity index is 942. The normalized spacial score (nSPS) is 11.5. The van der Waals surface area contributed by atoms with E-state index in [1.54, 1.807) is 25.1 Å². The van der Waals surface area contributed by atoms with Gasteiger partial charge in [-0.25, -0.2) is 13.8 Å². The predicted molar refractivity (Wildman–Crippen MR) is 105 cm³/mol. The summed E-state index contributed by atoms with van der Waals surface area (Å²) in [6.45, 7) is 3.30. The first-order valence-corrected chi connectivity index (χ1v) is 10.0. The maximum absolute atomic E-state index is 12.2. The van der Waals surface area contributed by atoms with E-state index < -0.39 is 15.9 Å².